The van der Waals surface area contributed by atoms with Gasteiger partial charge in [-0.05, 0) is 54.3 Å². The second-order valence-corrected chi connectivity index (χ2v) is 13.0. The first-order valence-corrected chi connectivity index (χ1v) is 15.0. The molecule has 1 aromatic carbocycles. The molecule has 206 valence electrons. The summed E-state index contributed by atoms with van der Waals surface area (Å²) in [5.74, 6) is -1.41. The standard InChI is InChI=1S/C30H34ClN3O4S/c1-16-6-4-8-22(18(16)3)33-28(36)26-30-12-11-23(38-30)24(27(35)32-19-10-9-17(2)21(31)14-19)25(30)29(37)34(26)15-20-7-5-13-39-20/h5,7,9-14,16,18,22-26H,4,6,8,15H2,1-3H3,(H,32,35)(H,33,36)/t16?,18?,22?,23-,24?,25-,26?,30?/m1/s1. The largest absolute Gasteiger partial charge is 0.359 e. The zero-order valence-corrected chi connectivity index (χ0v) is 23.9. The molecule has 4 heterocycles. The molecule has 2 bridgehead atoms. The Labute approximate surface area is 237 Å². The second-order valence-electron chi connectivity index (χ2n) is 11.6. The second kappa shape index (κ2) is 10.1. The van der Waals surface area contributed by atoms with E-state index in [1.165, 1.54) is 0 Å². The van der Waals surface area contributed by atoms with Gasteiger partial charge in [0.1, 0.15) is 11.6 Å². The van der Waals surface area contributed by atoms with Crippen LogP contribution in [0, 0.1) is 30.6 Å². The minimum absolute atomic E-state index is 0.0448. The number of thiophene rings is 1. The summed E-state index contributed by atoms with van der Waals surface area (Å²) in [6, 6.07) is 8.43. The van der Waals surface area contributed by atoms with Gasteiger partial charge in [-0.15, -0.1) is 11.3 Å². The molecule has 6 unspecified atom stereocenters. The maximum atomic E-state index is 14.1. The molecule has 8 atom stereocenters. The molecule has 3 amide bonds. The third-order valence-corrected chi connectivity index (χ3v) is 10.6. The van der Waals surface area contributed by atoms with E-state index in [4.69, 9.17) is 16.3 Å². The van der Waals surface area contributed by atoms with Gasteiger partial charge in [0.05, 0.1) is 24.5 Å². The number of benzene rings is 1. The Balaban J connectivity index is 1.31. The zero-order chi connectivity index (χ0) is 27.5. The third kappa shape index (κ3) is 4.41. The Morgan fingerprint density at radius 1 is 1.21 bits per heavy atom. The molecular formula is C30H34ClN3O4S. The number of carbonyl (C=O) groups excluding carboxylic acids is 3. The van der Waals surface area contributed by atoms with Crippen molar-refractivity contribution in [1.29, 1.82) is 0 Å². The first kappa shape index (κ1) is 26.5. The van der Waals surface area contributed by atoms with Crippen LogP contribution >= 0.6 is 22.9 Å². The van der Waals surface area contributed by atoms with E-state index in [1.54, 1.807) is 28.4 Å². The Kier molecular flexibility index (Phi) is 6.84. The number of halogens is 1. The number of hydrogen-bond acceptors (Lipinski definition) is 5. The fourth-order valence-electron chi connectivity index (χ4n) is 6.95. The number of anilines is 1. The van der Waals surface area contributed by atoms with Crippen LogP contribution in [0.3, 0.4) is 0 Å². The molecule has 1 spiro atoms. The number of nitrogens with one attached hydrogen (secondary N) is 2. The fraction of sp³-hybridized carbons (Fsp3) is 0.500. The predicted octanol–water partition coefficient (Wildman–Crippen LogP) is 4.94. The zero-order valence-electron chi connectivity index (χ0n) is 22.4. The highest BCUT2D eigenvalue weighted by Crippen LogP contribution is 2.55. The molecule has 2 saturated heterocycles. The highest BCUT2D eigenvalue weighted by atomic mass is 35.5. The number of nitrogens with zero attached hydrogens (tertiary/aromatic N) is 1. The van der Waals surface area contributed by atoms with Crippen molar-refractivity contribution in [2.24, 2.45) is 23.7 Å². The first-order valence-electron chi connectivity index (χ1n) is 13.8. The lowest BCUT2D eigenvalue weighted by molar-refractivity contribution is -0.142. The quantitative estimate of drug-likeness (QED) is 0.484. The van der Waals surface area contributed by atoms with Crippen LogP contribution in [0.4, 0.5) is 5.69 Å². The van der Waals surface area contributed by atoms with E-state index in [9.17, 15) is 14.4 Å². The number of fused-ring (bicyclic) bond motifs is 1. The van der Waals surface area contributed by atoms with Crippen LogP contribution in [0.2, 0.25) is 5.02 Å². The molecule has 3 fully saturated rings. The summed E-state index contributed by atoms with van der Waals surface area (Å²) < 4.78 is 6.47. The summed E-state index contributed by atoms with van der Waals surface area (Å²) in [5.41, 5.74) is 0.289. The molecular weight excluding hydrogens is 534 g/mol. The minimum atomic E-state index is -1.18. The van der Waals surface area contributed by atoms with E-state index in [2.05, 4.69) is 24.5 Å². The number of carbonyl (C=O) groups is 3. The van der Waals surface area contributed by atoms with Crippen LogP contribution in [0.5, 0.6) is 0 Å². The molecule has 3 aliphatic heterocycles. The van der Waals surface area contributed by atoms with Crippen LogP contribution in [-0.4, -0.2) is 46.4 Å². The first-order chi connectivity index (χ1) is 18.7. The molecule has 7 nitrogen and oxygen atoms in total. The third-order valence-electron chi connectivity index (χ3n) is 9.31. The van der Waals surface area contributed by atoms with Crippen molar-refractivity contribution >= 4 is 46.3 Å². The lowest BCUT2D eigenvalue weighted by atomic mass is 9.73. The van der Waals surface area contributed by atoms with Crippen molar-refractivity contribution in [2.45, 2.75) is 70.4 Å². The maximum absolute atomic E-state index is 14.1. The van der Waals surface area contributed by atoms with Crippen LogP contribution in [0.15, 0.2) is 47.9 Å². The summed E-state index contributed by atoms with van der Waals surface area (Å²) in [6.45, 7) is 6.61. The van der Waals surface area contributed by atoms with Crippen LogP contribution in [0.25, 0.3) is 0 Å². The van der Waals surface area contributed by atoms with Gasteiger partial charge in [-0.25, -0.2) is 0 Å². The number of aryl methyl sites for hydroxylation is 1. The van der Waals surface area contributed by atoms with Gasteiger partial charge >= 0.3 is 0 Å². The summed E-state index contributed by atoms with van der Waals surface area (Å²) in [7, 11) is 0. The molecule has 1 aliphatic carbocycles. The molecule has 0 radical (unpaired) electrons. The van der Waals surface area contributed by atoms with Crippen molar-refractivity contribution in [3.05, 3.63) is 63.3 Å². The summed E-state index contributed by atoms with van der Waals surface area (Å²) in [6.07, 6.45) is 6.27. The van der Waals surface area contributed by atoms with Crippen molar-refractivity contribution in [2.75, 3.05) is 5.32 Å². The minimum Gasteiger partial charge on any atom is -0.359 e. The van der Waals surface area contributed by atoms with Gasteiger partial charge in [-0.3, -0.25) is 14.4 Å². The fourth-order valence-corrected chi connectivity index (χ4v) is 7.83. The van der Waals surface area contributed by atoms with Crippen molar-refractivity contribution in [1.82, 2.24) is 10.2 Å². The van der Waals surface area contributed by atoms with Crippen molar-refractivity contribution in [3.8, 4) is 0 Å². The maximum Gasteiger partial charge on any atom is 0.246 e. The lowest BCUT2D eigenvalue weighted by Gasteiger charge is -2.38. The number of rotatable bonds is 6. The highest BCUT2D eigenvalue weighted by molar-refractivity contribution is 7.09. The molecule has 9 heteroatoms. The summed E-state index contributed by atoms with van der Waals surface area (Å²) in [5, 5.41) is 8.75. The van der Waals surface area contributed by atoms with Crippen molar-refractivity contribution < 1.29 is 19.1 Å². The van der Waals surface area contributed by atoms with Gasteiger partial charge in [-0.1, -0.05) is 62.6 Å². The lowest BCUT2D eigenvalue weighted by Crippen LogP contribution is -2.57. The number of ether oxygens (including phenoxy) is 1. The van der Waals surface area contributed by atoms with Gasteiger partial charge < -0.3 is 20.3 Å². The van der Waals surface area contributed by atoms with Crippen LogP contribution in [-0.2, 0) is 25.7 Å². The number of amides is 3. The van der Waals surface area contributed by atoms with Gasteiger partial charge in [0.25, 0.3) is 0 Å². The van der Waals surface area contributed by atoms with E-state index in [0.29, 0.717) is 29.1 Å². The SMILES string of the molecule is Cc1ccc(NC(=O)C2[C@H]3C=CC4(O3)C(C(=O)NC3CCCC(C)C3C)N(Cc3cccs3)C(=O)[C@@H]24)cc1Cl. The van der Waals surface area contributed by atoms with E-state index in [-0.39, 0.29) is 23.8 Å². The average Bonchev–Trinajstić information content (AvgIpc) is 3.67. The van der Waals surface area contributed by atoms with Gasteiger partial charge in [0.2, 0.25) is 17.7 Å². The van der Waals surface area contributed by atoms with E-state index in [0.717, 1.165) is 29.7 Å². The summed E-state index contributed by atoms with van der Waals surface area (Å²) in [4.78, 5) is 44.5. The Bertz CT molecular complexity index is 1330. The van der Waals surface area contributed by atoms with Gasteiger partial charge in [0, 0.05) is 21.6 Å². The molecule has 1 aromatic heterocycles. The molecule has 4 aliphatic rings. The average molecular weight is 568 g/mol. The normalized spacial score (nSPS) is 34.8. The molecule has 6 rings (SSSR count). The monoisotopic (exact) mass is 567 g/mol. The Hall–Kier alpha value is -2.68. The Morgan fingerprint density at radius 3 is 2.77 bits per heavy atom. The van der Waals surface area contributed by atoms with E-state index < -0.39 is 29.6 Å². The van der Waals surface area contributed by atoms with Crippen LogP contribution in [0.1, 0.15) is 43.6 Å². The predicted molar refractivity (Wildman–Crippen MR) is 151 cm³/mol. The van der Waals surface area contributed by atoms with Crippen molar-refractivity contribution in [3.63, 3.8) is 0 Å². The molecule has 39 heavy (non-hydrogen) atoms. The van der Waals surface area contributed by atoms with Gasteiger partial charge in [0.15, 0.2) is 0 Å². The number of likely N-dealkylation sites (tertiary alicyclic amines) is 1. The Morgan fingerprint density at radius 2 is 2.03 bits per heavy atom. The molecule has 1 saturated carbocycles. The molecule has 2 N–H and O–H groups in total. The van der Waals surface area contributed by atoms with E-state index in [1.807, 2.05) is 42.7 Å². The van der Waals surface area contributed by atoms with Crippen LogP contribution < -0.4 is 10.6 Å². The van der Waals surface area contributed by atoms with Gasteiger partial charge in [-0.2, -0.15) is 0 Å². The summed E-state index contributed by atoms with van der Waals surface area (Å²) >= 11 is 7.82. The topological polar surface area (TPSA) is 87.7 Å². The molecule has 2 aromatic rings. The van der Waals surface area contributed by atoms with E-state index >= 15 is 0 Å². The highest BCUT2D eigenvalue weighted by Gasteiger charge is 2.72. The smallest absolute Gasteiger partial charge is 0.246 e. The number of hydrogen-bond donors (Lipinski definition) is 2.